The molecule has 0 aliphatic heterocycles. The number of rotatable bonds is 7. The van der Waals surface area contributed by atoms with E-state index in [1.807, 2.05) is 7.05 Å². The topological polar surface area (TPSA) is 15.3 Å². The van der Waals surface area contributed by atoms with Gasteiger partial charge in [-0.15, -0.1) is 0 Å². The van der Waals surface area contributed by atoms with Gasteiger partial charge in [0.05, 0.1) is 0 Å². The SMILES string of the molecule is CCCN(CCNC)Cc1ccc(I)cc1. The Balaban J connectivity index is 2.49. The highest BCUT2D eigenvalue weighted by Crippen LogP contribution is 2.09. The molecule has 2 nitrogen and oxygen atoms in total. The van der Waals surface area contributed by atoms with Crippen LogP contribution in [0.15, 0.2) is 24.3 Å². The lowest BCUT2D eigenvalue weighted by molar-refractivity contribution is 0.268. The number of hydrogen-bond donors (Lipinski definition) is 1. The van der Waals surface area contributed by atoms with Crippen LogP contribution in [-0.2, 0) is 6.54 Å². The fourth-order valence-electron chi connectivity index (χ4n) is 1.70. The van der Waals surface area contributed by atoms with Crippen LogP contribution < -0.4 is 5.32 Å². The Labute approximate surface area is 113 Å². The van der Waals surface area contributed by atoms with Crippen LogP contribution in [0.5, 0.6) is 0 Å². The highest BCUT2D eigenvalue weighted by molar-refractivity contribution is 14.1. The molecule has 0 aliphatic rings. The fraction of sp³-hybridized carbons (Fsp3) is 0.538. The minimum atomic E-state index is 1.06. The van der Waals surface area contributed by atoms with Gasteiger partial charge in [-0.25, -0.2) is 0 Å². The average molecular weight is 332 g/mol. The molecule has 3 heteroatoms. The van der Waals surface area contributed by atoms with Crippen molar-refractivity contribution in [1.29, 1.82) is 0 Å². The fourth-order valence-corrected chi connectivity index (χ4v) is 2.06. The molecule has 0 heterocycles. The van der Waals surface area contributed by atoms with Crippen LogP contribution in [0.25, 0.3) is 0 Å². The molecule has 0 aliphatic carbocycles. The Hall–Kier alpha value is -0.130. The van der Waals surface area contributed by atoms with E-state index < -0.39 is 0 Å². The quantitative estimate of drug-likeness (QED) is 0.773. The van der Waals surface area contributed by atoms with E-state index in [0.717, 1.165) is 19.6 Å². The second kappa shape index (κ2) is 8.03. The Bertz CT molecular complexity index is 284. The molecule has 0 amide bonds. The molecule has 0 atom stereocenters. The molecule has 0 radical (unpaired) electrons. The smallest absolute Gasteiger partial charge is 0.0234 e. The van der Waals surface area contributed by atoms with Gasteiger partial charge >= 0.3 is 0 Å². The maximum atomic E-state index is 3.21. The third-order valence-corrected chi connectivity index (χ3v) is 3.26. The molecule has 1 aromatic rings. The van der Waals surface area contributed by atoms with E-state index in [2.05, 4.69) is 64.0 Å². The van der Waals surface area contributed by atoms with Crippen molar-refractivity contribution in [3.8, 4) is 0 Å². The maximum absolute atomic E-state index is 3.21. The summed E-state index contributed by atoms with van der Waals surface area (Å²) in [6.45, 7) is 6.65. The van der Waals surface area contributed by atoms with E-state index in [1.54, 1.807) is 0 Å². The predicted octanol–water partition coefficient (Wildman–Crippen LogP) is 2.72. The highest BCUT2D eigenvalue weighted by atomic mass is 127. The summed E-state index contributed by atoms with van der Waals surface area (Å²) in [5, 5.41) is 3.21. The first-order chi connectivity index (χ1) is 7.76. The predicted molar refractivity (Wildman–Crippen MR) is 78.7 cm³/mol. The van der Waals surface area contributed by atoms with Crippen molar-refractivity contribution in [2.45, 2.75) is 19.9 Å². The molecule has 0 unspecified atom stereocenters. The Kier molecular flexibility index (Phi) is 7.00. The van der Waals surface area contributed by atoms with Gasteiger partial charge in [-0.05, 0) is 60.3 Å². The van der Waals surface area contributed by atoms with E-state index in [-0.39, 0.29) is 0 Å². The molecule has 1 N–H and O–H groups in total. The van der Waals surface area contributed by atoms with Crippen LogP contribution in [0.4, 0.5) is 0 Å². The van der Waals surface area contributed by atoms with Crippen molar-refractivity contribution in [1.82, 2.24) is 10.2 Å². The van der Waals surface area contributed by atoms with Gasteiger partial charge in [0.25, 0.3) is 0 Å². The Morgan fingerprint density at radius 3 is 2.44 bits per heavy atom. The van der Waals surface area contributed by atoms with Crippen LogP contribution in [0.2, 0.25) is 0 Å². The summed E-state index contributed by atoms with van der Waals surface area (Å²) < 4.78 is 1.30. The monoisotopic (exact) mass is 332 g/mol. The summed E-state index contributed by atoms with van der Waals surface area (Å²) in [6.07, 6.45) is 1.22. The van der Waals surface area contributed by atoms with Crippen LogP contribution >= 0.6 is 22.6 Å². The summed E-state index contributed by atoms with van der Waals surface area (Å²) in [5.41, 5.74) is 1.41. The molecule has 0 bridgehead atoms. The van der Waals surface area contributed by atoms with Crippen molar-refractivity contribution < 1.29 is 0 Å². The first-order valence-corrected chi connectivity index (χ1v) is 6.95. The summed E-state index contributed by atoms with van der Waals surface area (Å²) in [4.78, 5) is 2.50. The molecule has 0 saturated carbocycles. The molecule has 1 rings (SSSR count). The summed E-state index contributed by atoms with van der Waals surface area (Å²) in [5.74, 6) is 0. The van der Waals surface area contributed by atoms with Gasteiger partial charge < -0.3 is 5.32 Å². The van der Waals surface area contributed by atoms with Crippen LogP contribution in [-0.4, -0.2) is 31.6 Å². The van der Waals surface area contributed by atoms with E-state index in [4.69, 9.17) is 0 Å². The van der Waals surface area contributed by atoms with Gasteiger partial charge in [0.1, 0.15) is 0 Å². The van der Waals surface area contributed by atoms with Gasteiger partial charge in [-0.3, -0.25) is 4.90 Å². The average Bonchev–Trinajstić information content (AvgIpc) is 2.29. The van der Waals surface area contributed by atoms with Crippen molar-refractivity contribution in [3.05, 3.63) is 33.4 Å². The zero-order valence-corrected chi connectivity index (χ0v) is 12.3. The van der Waals surface area contributed by atoms with Gasteiger partial charge in [0.15, 0.2) is 0 Å². The molecule has 90 valence electrons. The molecule has 0 aromatic heterocycles. The standard InChI is InChI=1S/C13H21IN2/c1-3-9-16(10-8-15-2)11-12-4-6-13(14)7-5-12/h4-7,15H,3,8-11H2,1-2H3. The molecular weight excluding hydrogens is 311 g/mol. The van der Waals surface area contributed by atoms with Gasteiger partial charge in [-0.1, -0.05) is 19.1 Å². The molecule has 0 fully saturated rings. The lowest BCUT2D eigenvalue weighted by atomic mass is 10.2. The minimum absolute atomic E-state index is 1.06. The van der Waals surface area contributed by atoms with Gasteiger partial charge in [0, 0.05) is 23.2 Å². The lowest BCUT2D eigenvalue weighted by Crippen LogP contribution is -2.31. The summed E-state index contributed by atoms with van der Waals surface area (Å²) >= 11 is 2.35. The molecule has 0 spiro atoms. The van der Waals surface area contributed by atoms with Crippen LogP contribution in [0, 0.1) is 3.57 Å². The molecule has 1 aromatic carbocycles. The number of hydrogen-bond acceptors (Lipinski definition) is 2. The normalized spacial score (nSPS) is 11.0. The molecule has 16 heavy (non-hydrogen) atoms. The molecule has 0 saturated heterocycles. The van der Waals surface area contributed by atoms with E-state index in [1.165, 1.54) is 22.1 Å². The number of likely N-dealkylation sites (N-methyl/N-ethyl adjacent to an activating group) is 1. The number of nitrogens with one attached hydrogen (secondary N) is 1. The first-order valence-electron chi connectivity index (χ1n) is 5.87. The minimum Gasteiger partial charge on any atom is -0.318 e. The highest BCUT2D eigenvalue weighted by Gasteiger charge is 2.03. The Morgan fingerprint density at radius 2 is 1.88 bits per heavy atom. The number of benzene rings is 1. The van der Waals surface area contributed by atoms with E-state index in [9.17, 15) is 0 Å². The van der Waals surface area contributed by atoms with E-state index in [0.29, 0.717) is 0 Å². The lowest BCUT2D eigenvalue weighted by Gasteiger charge is -2.21. The zero-order chi connectivity index (χ0) is 11.8. The Morgan fingerprint density at radius 1 is 1.19 bits per heavy atom. The van der Waals surface area contributed by atoms with Crippen LogP contribution in [0.1, 0.15) is 18.9 Å². The number of nitrogens with zero attached hydrogens (tertiary/aromatic N) is 1. The van der Waals surface area contributed by atoms with Crippen molar-refractivity contribution in [3.63, 3.8) is 0 Å². The van der Waals surface area contributed by atoms with Crippen LogP contribution in [0.3, 0.4) is 0 Å². The van der Waals surface area contributed by atoms with E-state index >= 15 is 0 Å². The summed E-state index contributed by atoms with van der Waals surface area (Å²) in [6, 6.07) is 8.81. The first kappa shape index (κ1) is 13.9. The second-order valence-electron chi connectivity index (χ2n) is 4.01. The van der Waals surface area contributed by atoms with Crippen molar-refractivity contribution >= 4 is 22.6 Å². The van der Waals surface area contributed by atoms with Crippen molar-refractivity contribution in [2.24, 2.45) is 0 Å². The van der Waals surface area contributed by atoms with Gasteiger partial charge in [0.2, 0.25) is 0 Å². The third kappa shape index (κ3) is 5.27. The largest absolute Gasteiger partial charge is 0.318 e. The third-order valence-electron chi connectivity index (χ3n) is 2.54. The second-order valence-corrected chi connectivity index (χ2v) is 5.25. The van der Waals surface area contributed by atoms with Crippen molar-refractivity contribution in [2.75, 3.05) is 26.7 Å². The zero-order valence-electron chi connectivity index (χ0n) is 10.2. The maximum Gasteiger partial charge on any atom is 0.0234 e. The summed E-state index contributed by atoms with van der Waals surface area (Å²) in [7, 11) is 2.01. The molecular formula is C13H21IN2. The van der Waals surface area contributed by atoms with Gasteiger partial charge in [-0.2, -0.15) is 0 Å². The number of halogens is 1.